The van der Waals surface area contributed by atoms with Gasteiger partial charge in [0.15, 0.2) is 0 Å². The van der Waals surface area contributed by atoms with Crippen LogP contribution in [0.15, 0.2) is 6.33 Å². The largest absolute Gasteiger partial charge is 0.380 e. The van der Waals surface area contributed by atoms with Crippen LogP contribution in [0.4, 0.5) is 5.13 Å². The van der Waals surface area contributed by atoms with E-state index in [-0.39, 0.29) is 12.1 Å². The Kier molecular flexibility index (Phi) is 3.43. The van der Waals surface area contributed by atoms with Crippen LogP contribution in [0.2, 0.25) is 0 Å². The first-order valence-electron chi connectivity index (χ1n) is 3.80. The van der Waals surface area contributed by atoms with Crippen molar-refractivity contribution in [1.29, 1.82) is 0 Å². The van der Waals surface area contributed by atoms with Crippen LogP contribution in [0, 0.1) is 0 Å². The van der Waals surface area contributed by atoms with E-state index in [9.17, 15) is 0 Å². The van der Waals surface area contributed by atoms with Crippen molar-refractivity contribution in [2.24, 2.45) is 0 Å². The zero-order chi connectivity index (χ0) is 8.97. The molecule has 12 heavy (non-hydrogen) atoms. The van der Waals surface area contributed by atoms with Crippen LogP contribution in [-0.4, -0.2) is 28.6 Å². The van der Waals surface area contributed by atoms with Crippen LogP contribution in [0.25, 0.3) is 0 Å². The zero-order valence-electron chi connectivity index (χ0n) is 7.44. The van der Waals surface area contributed by atoms with Gasteiger partial charge >= 0.3 is 0 Å². The molecule has 1 N–H and O–H groups in total. The maximum absolute atomic E-state index is 5.15. The number of hydrogen-bond acceptors (Lipinski definition) is 5. The molecule has 0 radical (unpaired) electrons. The molecule has 0 aliphatic heterocycles. The van der Waals surface area contributed by atoms with E-state index < -0.39 is 0 Å². The highest BCUT2D eigenvalue weighted by atomic mass is 32.1. The van der Waals surface area contributed by atoms with Crippen molar-refractivity contribution in [2.75, 3.05) is 12.4 Å². The fourth-order valence-corrected chi connectivity index (χ4v) is 1.28. The Bertz CT molecular complexity index is 214. The Morgan fingerprint density at radius 3 is 2.83 bits per heavy atom. The van der Waals surface area contributed by atoms with E-state index in [2.05, 4.69) is 21.6 Å². The summed E-state index contributed by atoms with van der Waals surface area (Å²) in [6, 6.07) is 0.253. The van der Waals surface area contributed by atoms with E-state index in [0.29, 0.717) is 0 Å². The van der Waals surface area contributed by atoms with Gasteiger partial charge in [-0.1, -0.05) is 0 Å². The van der Waals surface area contributed by atoms with Crippen LogP contribution in [-0.2, 0) is 4.74 Å². The molecular weight excluding hydrogens is 174 g/mol. The molecule has 2 atom stereocenters. The summed E-state index contributed by atoms with van der Waals surface area (Å²) in [6.07, 6.45) is 1.71. The third kappa shape index (κ3) is 2.42. The molecule has 0 aromatic carbocycles. The number of aromatic nitrogens is 2. The van der Waals surface area contributed by atoms with Crippen LogP contribution >= 0.6 is 11.5 Å². The molecule has 1 aromatic rings. The van der Waals surface area contributed by atoms with Crippen LogP contribution in [0.3, 0.4) is 0 Å². The Hall–Kier alpha value is -0.680. The minimum atomic E-state index is 0.175. The molecule has 0 bridgehead atoms. The van der Waals surface area contributed by atoms with Gasteiger partial charge in [-0.3, -0.25) is 0 Å². The summed E-state index contributed by atoms with van der Waals surface area (Å²) < 4.78 is 9.04. The number of methoxy groups -OCH3 is 1. The van der Waals surface area contributed by atoms with Crippen molar-refractivity contribution in [3.8, 4) is 0 Å². The second-order valence-electron chi connectivity index (χ2n) is 2.62. The predicted octanol–water partition coefficient (Wildman–Crippen LogP) is 1.37. The van der Waals surface area contributed by atoms with Crippen molar-refractivity contribution in [3.05, 3.63) is 6.33 Å². The Morgan fingerprint density at radius 1 is 1.58 bits per heavy atom. The quantitative estimate of drug-likeness (QED) is 0.773. The minimum Gasteiger partial charge on any atom is -0.380 e. The average molecular weight is 187 g/mol. The van der Waals surface area contributed by atoms with E-state index in [4.69, 9.17) is 4.74 Å². The Labute approximate surface area is 76.1 Å². The summed E-state index contributed by atoms with van der Waals surface area (Å²) in [5.41, 5.74) is 0. The molecule has 1 heterocycles. The molecule has 0 aliphatic rings. The second-order valence-corrected chi connectivity index (χ2v) is 3.40. The van der Waals surface area contributed by atoms with E-state index in [1.807, 2.05) is 6.92 Å². The molecule has 0 saturated carbocycles. The van der Waals surface area contributed by atoms with Gasteiger partial charge in [0.2, 0.25) is 5.13 Å². The highest BCUT2D eigenvalue weighted by Crippen LogP contribution is 2.10. The minimum absolute atomic E-state index is 0.175. The van der Waals surface area contributed by atoms with Gasteiger partial charge in [-0.15, -0.1) is 0 Å². The van der Waals surface area contributed by atoms with Crippen molar-refractivity contribution in [2.45, 2.75) is 26.0 Å². The summed E-state index contributed by atoms with van der Waals surface area (Å²) in [5, 5.41) is 4.03. The number of nitrogens with zero attached hydrogens (tertiary/aromatic N) is 2. The molecule has 0 saturated heterocycles. The summed E-state index contributed by atoms with van der Waals surface area (Å²) in [5.74, 6) is 0. The number of nitrogens with one attached hydrogen (secondary N) is 1. The highest BCUT2D eigenvalue weighted by molar-refractivity contribution is 7.09. The maximum Gasteiger partial charge on any atom is 0.202 e. The van der Waals surface area contributed by atoms with E-state index in [1.165, 1.54) is 17.9 Å². The number of rotatable bonds is 4. The third-order valence-electron chi connectivity index (χ3n) is 1.79. The summed E-state index contributed by atoms with van der Waals surface area (Å²) in [7, 11) is 1.70. The molecular formula is C7H13N3OS. The van der Waals surface area contributed by atoms with Crippen molar-refractivity contribution >= 4 is 16.7 Å². The monoisotopic (exact) mass is 187 g/mol. The van der Waals surface area contributed by atoms with Gasteiger partial charge in [0.1, 0.15) is 6.33 Å². The van der Waals surface area contributed by atoms with E-state index in [0.717, 1.165) is 5.13 Å². The molecule has 68 valence electrons. The molecule has 4 nitrogen and oxygen atoms in total. The molecule has 1 rings (SSSR count). The van der Waals surface area contributed by atoms with E-state index >= 15 is 0 Å². The first-order chi connectivity index (χ1) is 5.74. The lowest BCUT2D eigenvalue weighted by Crippen LogP contribution is -2.29. The Balaban J connectivity index is 2.41. The van der Waals surface area contributed by atoms with Gasteiger partial charge in [0.05, 0.1) is 12.1 Å². The van der Waals surface area contributed by atoms with Gasteiger partial charge in [-0.05, 0) is 13.8 Å². The van der Waals surface area contributed by atoms with Gasteiger partial charge < -0.3 is 10.1 Å². The van der Waals surface area contributed by atoms with Crippen molar-refractivity contribution in [3.63, 3.8) is 0 Å². The predicted molar refractivity (Wildman–Crippen MR) is 49.5 cm³/mol. The van der Waals surface area contributed by atoms with E-state index in [1.54, 1.807) is 7.11 Å². The smallest absolute Gasteiger partial charge is 0.202 e. The third-order valence-corrected chi connectivity index (χ3v) is 2.38. The lowest BCUT2D eigenvalue weighted by molar-refractivity contribution is 0.106. The fourth-order valence-electron chi connectivity index (χ4n) is 0.753. The topological polar surface area (TPSA) is 47.0 Å². The van der Waals surface area contributed by atoms with Gasteiger partial charge in [-0.25, -0.2) is 4.98 Å². The highest BCUT2D eigenvalue weighted by Gasteiger charge is 2.11. The van der Waals surface area contributed by atoms with Crippen LogP contribution in [0.1, 0.15) is 13.8 Å². The molecule has 5 heteroatoms. The lowest BCUT2D eigenvalue weighted by Gasteiger charge is -2.18. The summed E-state index contributed by atoms with van der Waals surface area (Å²) >= 11 is 1.35. The summed E-state index contributed by atoms with van der Waals surface area (Å²) in [6.45, 7) is 4.06. The van der Waals surface area contributed by atoms with Crippen LogP contribution in [0.5, 0.6) is 0 Å². The van der Waals surface area contributed by atoms with Gasteiger partial charge in [0, 0.05) is 18.6 Å². The maximum atomic E-state index is 5.15. The number of anilines is 1. The standard InChI is InChI=1S/C7H13N3OS/c1-5(6(2)11-3)10-7-8-4-9-12-7/h4-6H,1-3H3,(H,8,9,10)/t5-,6?/m0/s1. The molecule has 0 fully saturated rings. The first-order valence-corrected chi connectivity index (χ1v) is 4.57. The number of ether oxygens (including phenoxy) is 1. The molecule has 0 amide bonds. The van der Waals surface area contributed by atoms with Crippen molar-refractivity contribution in [1.82, 2.24) is 9.36 Å². The SMILES string of the molecule is COC(C)[C@H](C)Nc1ncns1. The molecule has 0 spiro atoms. The average Bonchev–Trinajstić information content (AvgIpc) is 2.55. The van der Waals surface area contributed by atoms with Gasteiger partial charge in [0.25, 0.3) is 0 Å². The van der Waals surface area contributed by atoms with Crippen LogP contribution < -0.4 is 5.32 Å². The first kappa shape index (κ1) is 9.41. The Morgan fingerprint density at radius 2 is 2.33 bits per heavy atom. The number of hydrogen-bond donors (Lipinski definition) is 1. The zero-order valence-corrected chi connectivity index (χ0v) is 8.26. The lowest BCUT2D eigenvalue weighted by atomic mass is 10.2. The molecule has 0 aliphatic carbocycles. The summed E-state index contributed by atoms with van der Waals surface area (Å²) in [4.78, 5) is 4.01. The molecule has 1 aromatic heterocycles. The fraction of sp³-hybridized carbons (Fsp3) is 0.714. The van der Waals surface area contributed by atoms with Gasteiger partial charge in [-0.2, -0.15) is 4.37 Å². The second kappa shape index (κ2) is 4.37. The molecule has 1 unspecified atom stereocenters. The normalized spacial score (nSPS) is 15.6. The van der Waals surface area contributed by atoms with Crippen molar-refractivity contribution < 1.29 is 4.74 Å².